The average molecular weight is 353 g/mol. The van der Waals surface area contributed by atoms with E-state index in [1.54, 1.807) is 29.5 Å². The molecular formula is C19H19N3O2S. The summed E-state index contributed by atoms with van der Waals surface area (Å²) < 4.78 is 0.984. The van der Waals surface area contributed by atoms with Gasteiger partial charge in [0.1, 0.15) is 0 Å². The fraction of sp³-hybridized carbons (Fsp3) is 0.211. The molecule has 0 aliphatic heterocycles. The molecule has 0 saturated carbocycles. The Labute approximate surface area is 150 Å². The smallest absolute Gasteiger partial charge is 0.255 e. The Kier molecular flexibility index (Phi) is 4.81. The van der Waals surface area contributed by atoms with E-state index in [9.17, 15) is 9.59 Å². The molecule has 6 heteroatoms. The van der Waals surface area contributed by atoms with Crippen molar-refractivity contribution in [2.45, 2.75) is 20.8 Å². The summed E-state index contributed by atoms with van der Waals surface area (Å²) in [5.74, 6) is -0.358. The predicted molar refractivity (Wildman–Crippen MR) is 101 cm³/mol. The Morgan fingerprint density at radius 3 is 2.52 bits per heavy atom. The molecule has 0 bridgehead atoms. The molecule has 2 N–H and O–H groups in total. The van der Waals surface area contributed by atoms with E-state index in [1.165, 1.54) is 0 Å². The van der Waals surface area contributed by atoms with Gasteiger partial charge < -0.3 is 10.6 Å². The second kappa shape index (κ2) is 7.03. The van der Waals surface area contributed by atoms with E-state index in [0.29, 0.717) is 23.4 Å². The van der Waals surface area contributed by atoms with Gasteiger partial charge >= 0.3 is 0 Å². The average Bonchev–Trinajstić information content (AvgIpc) is 2.96. The molecule has 0 aliphatic carbocycles. The topological polar surface area (TPSA) is 71.1 Å². The maximum atomic E-state index is 12.6. The van der Waals surface area contributed by atoms with E-state index in [0.717, 1.165) is 20.8 Å². The first-order valence-electron chi connectivity index (χ1n) is 8.05. The van der Waals surface area contributed by atoms with E-state index in [2.05, 4.69) is 15.6 Å². The second-order valence-electron chi connectivity index (χ2n) is 5.76. The number of aryl methyl sites for hydroxylation is 2. The van der Waals surface area contributed by atoms with Crippen LogP contribution in [0.5, 0.6) is 0 Å². The molecule has 1 aromatic heterocycles. The van der Waals surface area contributed by atoms with E-state index in [1.807, 2.05) is 39.0 Å². The molecule has 1 heterocycles. The molecule has 5 nitrogen and oxygen atoms in total. The van der Waals surface area contributed by atoms with Crippen LogP contribution in [-0.4, -0.2) is 23.3 Å². The molecule has 3 rings (SSSR count). The van der Waals surface area contributed by atoms with Crippen LogP contribution >= 0.6 is 11.3 Å². The van der Waals surface area contributed by atoms with Gasteiger partial charge in [-0.05, 0) is 56.7 Å². The lowest BCUT2D eigenvalue weighted by Crippen LogP contribution is -2.23. The number of anilines is 1. The largest absolute Gasteiger partial charge is 0.352 e. The van der Waals surface area contributed by atoms with Gasteiger partial charge in [0.05, 0.1) is 15.2 Å². The SMILES string of the molecule is CCNC(=O)c1ccc(C)c(NC(=O)c2ccc3nc(C)sc3c2)c1. The number of hydrogen-bond donors (Lipinski definition) is 2. The third-order valence-electron chi connectivity index (χ3n) is 3.84. The molecule has 0 radical (unpaired) electrons. The summed E-state index contributed by atoms with van der Waals surface area (Å²) in [5.41, 5.74) is 3.52. The van der Waals surface area contributed by atoms with Crippen LogP contribution < -0.4 is 10.6 Å². The number of aromatic nitrogens is 1. The molecule has 25 heavy (non-hydrogen) atoms. The van der Waals surface area contributed by atoms with Crippen LogP contribution in [0, 0.1) is 13.8 Å². The molecule has 0 aliphatic rings. The van der Waals surface area contributed by atoms with Crippen molar-refractivity contribution in [1.29, 1.82) is 0 Å². The predicted octanol–water partition coefficient (Wildman–Crippen LogP) is 3.92. The van der Waals surface area contributed by atoms with Gasteiger partial charge in [0.2, 0.25) is 0 Å². The Morgan fingerprint density at radius 1 is 1.04 bits per heavy atom. The Morgan fingerprint density at radius 2 is 1.76 bits per heavy atom. The van der Waals surface area contributed by atoms with Crippen molar-refractivity contribution in [2.24, 2.45) is 0 Å². The zero-order chi connectivity index (χ0) is 18.0. The van der Waals surface area contributed by atoms with Gasteiger partial charge in [0.15, 0.2) is 0 Å². The van der Waals surface area contributed by atoms with Crippen LogP contribution in [0.4, 0.5) is 5.69 Å². The molecule has 0 unspecified atom stereocenters. The minimum absolute atomic E-state index is 0.153. The first kappa shape index (κ1) is 17.1. The number of benzene rings is 2. The molecule has 2 aromatic carbocycles. The number of nitrogens with zero attached hydrogens (tertiary/aromatic N) is 1. The molecule has 2 amide bonds. The van der Waals surface area contributed by atoms with Crippen molar-refractivity contribution in [3.63, 3.8) is 0 Å². The molecule has 0 atom stereocenters. The van der Waals surface area contributed by atoms with Crippen molar-refractivity contribution >= 4 is 39.1 Å². The molecule has 0 saturated heterocycles. The van der Waals surface area contributed by atoms with Gasteiger partial charge in [-0.2, -0.15) is 0 Å². The number of nitrogens with one attached hydrogen (secondary N) is 2. The lowest BCUT2D eigenvalue weighted by Gasteiger charge is -2.11. The summed E-state index contributed by atoms with van der Waals surface area (Å²) in [4.78, 5) is 29.0. The van der Waals surface area contributed by atoms with E-state index in [4.69, 9.17) is 0 Å². The Bertz CT molecular complexity index is 962. The number of fused-ring (bicyclic) bond motifs is 1. The van der Waals surface area contributed by atoms with Crippen molar-refractivity contribution < 1.29 is 9.59 Å². The lowest BCUT2D eigenvalue weighted by atomic mass is 10.1. The van der Waals surface area contributed by atoms with Gasteiger partial charge in [-0.1, -0.05) is 6.07 Å². The Balaban J connectivity index is 1.86. The maximum absolute atomic E-state index is 12.6. The van der Waals surface area contributed by atoms with Crippen LogP contribution in [0.3, 0.4) is 0 Å². The minimum Gasteiger partial charge on any atom is -0.352 e. The Hall–Kier alpha value is -2.73. The van der Waals surface area contributed by atoms with E-state index in [-0.39, 0.29) is 11.8 Å². The van der Waals surface area contributed by atoms with Crippen LogP contribution in [0.15, 0.2) is 36.4 Å². The summed E-state index contributed by atoms with van der Waals surface area (Å²) in [5, 5.41) is 6.63. The summed E-state index contributed by atoms with van der Waals surface area (Å²) in [6, 6.07) is 10.7. The highest BCUT2D eigenvalue weighted by Crippen LogP contribution is 2.24. The highest BCUT2D eigenvalue weighted by atomic mass is 32.1. The zero-order valence-electron chi connectivity index (χ0n) is 14.3. The monoisotopic (exact) mass is 353 g/mol. The van der Waals surface area contributed by atoms with Crippen molar-refractivity contribution in [3.8, 4) is 0 Å². The van der Waals surface area contributed by atoms with Crippen molar-refractivity contribution in [3.05, 3.63) is 58.1 Å². The lowest BCUT2D eigenvalue weighted by molar-refractivity contribution is 0.0954. The van der Waals surface area contributed by atoms with Gasteiger partial charge in [0.25, 0.3) is 11.8 Å². The van der Waals surface area contributed by atoms with Crippen LogP contribution in [0.2, 0.25) is 0 Å². The van der Waals surface area contributed by atoms with Gasteiger partial charge in [-0.15, -0.1) is 11.3 Å². The molecule has 128 valence electrons. The fourth-order valence-electron chi connectivity index (χ4n) is 2.54. The summed E-state index contributed by atoms with van der Waals surface area (Å²) in [6.45, 7) is 6.27. The molecule has 3 aromatic rings. The third-order valence-corrected chi connectivity index (χ3v) is 4.78. The summed E-state index contributed by atoms with van der Waals surface area (Å²) in [6.07, 6.45) is 0. The quantitative estimate of drug-likeness (QED) is 0.747. The molecule has 0 spiro atoms. The standard InChI is InChI=1S/C19H19N3O2S/c1-4-20-18(23)13-6-5-11(2)16(9-13)22-19(24)14-7-8-15-17(10-14)25-12(3)21-15/h5-10H,4H2,1-3H3,(H,20,23)(H,22,24). The van der Waals surface area contributed by atoms with Gasteiger partial charge in [0, 0.05) is 23.4 Å². The van der Waals surface area contributed by atoms with Gasteiger partial charge in [-0.25, -0.2) is 4.98 Å². The highest BCUT2D eigenvalue weighted by Gasteiger charge is 2.12. The number of carbonyl (C=O) groups excluding carboxylic acids is 2. The maximum Gasteiger partial charge on any atom is 0.255 e. The first-order valence-corrected chi connectivity index (χ1v) is 8.87. The van der Waals surface area contributed by atoms with E-state index >= 15 is 0 Å². The minimum atomic E-state index is -0.205. The van der Waals surface area contributed by atoms with E-state index < -0.39 is 0 Å². The normalized spacial score (nSPS) is 10.7. The summed E-state index contributed by atoms with van der Waals surface area (Å²) >= 11 is 1.56. The molecule has 0 fully saturated rings. The summed E-state index contributed by atoms with van der Waals surface area (Å²) in [7, 11) is 0. The zero-order valence-corrected chi connectivity index (χ0v) is 15.2. The second-order valence-corrected chi connectivity index (χ2v) is 6.99. The van der Waals surface area contributed by atoms with Crippen LogP contribution in [0.1, 0.15) is 38.2 Å². The third kappa shape index (κ3) is 3.69. The highest BCUT2D eigenvalue weighted by molar-refractivity contribution is 7.18. The number of amides is 2. The molecular weight excluding hydrogens is 334 g/mol. The van der Waals surface area contributed by atoms with Crippen molar-refractivity contribution in [1.82, 2.24) is 10.3 Å². The van der Waals surface area contributed by atoms with Crippen LogP contribution in [0.25, 0.3) is 10.2 Å². The number of carbonyl (C=O) groups is 2. The van der Waals surface area contributed by atoms with Gasteiger partial charge in [-0.3, -0.25) is 9.59 Å². The fourth-order valence-corrected chi connectivity index (χ4v) is 3.40. The van der Waals surface area contributed by atoms with Crippen molar-refractivity contribution in [2.75, 3.05) is 11.9 Å². The number of thiazole rings is 1. The number of hydrogen-bond acceptors (Lipinski definition) is 4. The first-order chi connectivity index (χ1) is 12.0. The number of rotatable bonds is 4. The van der Waals surface area contributed by atoms with Crippen LogP contribution in [-0.2, 0) is 0 Å².